The van der Waals surface area contributed by atoms with Crippen molar-refractivity contribution in [3.8, 4) is 0 Å². The van der Waals surface area contributed by atoms with Crippen LogP contribution in [0.25, 0.3) is 0 Å². The van der Waals surface area contributed by atoms with Crippen LogP contribution in [0.1, 0.15) is 13.3 Å². The maximum atomic E-state index is 14.6. The van der Waals surface area contributed by atoms with Crippen LogP contribution >= 0.6 is 0 Å². The Morgan fingerprint density at radius 2 is 2.00 bits per heavy atom. The van der Waals surface area contributed by atoms with Crippen molar-refractivity contribution >= 4 is 23.6 Å². The zero-order chi connectivity index (χ0) is 15.7. The fraction of sp³-hybridized carbons (Fsp3) is 0.231. The van der Waals surface area contributed by atoms with E-state index in [2.05, 4.69) is 25.3 Å². The van der Waals surface area contributed by atoms with Crippen molar-refractivity contribution in [3.63, 3.8) is 0 Å². The average molecular weight is 307 g/mol. The minimum Gasteiger partial charge on any atom is -0.393 e. The molecule has 2 aromatic rings. The number of nitrogens with zero attached hydrogens (tertiary/aromatic N) is 5. The van der Waals surface area contributed by atoms with Gasteiger partial charge in [-0.25, -0.2) is 5.10 Å². The molecule has 0 amide bonds. The van der Waals surface area contributed by atoms with E-state index in [1.807, 2.05) is 0 Å². The molecular formula is C13H13F2N6O+. The smallest absolute Gasteiger partial charge is 0.393 e. The molecule has 114 valence electrons. The molecule has 22 heavy (non-hydrogen) atoms. The first-order valence-corrected chi connectivity index (χ1v) is 6.57. The number of rotatable bonds is 4. The number of quaternary nitrogens is 1. The monoisotopic (exact) mass is 307 g/mol. The largest absolute Gasteiger partial charge is 0.431 e. The molecule has 0 bridgehead atoms. The first kappa shape index (κ1) is 14.4. The minimum atomic E-state index is -1.02. The lowest BCUT2D eigenvalue weighted by molar-refractivity contribution is 0.203. The zero-order valence-corrected chi connectivity index (χ0v) is 11.6. The Bertz CT molecular complexity index is 742. The number of aromatic amines is 1. The lowest BCUT2D eigenvalue weighted by atomic mass is 10.3. The number of hydrogen-bond acceptors (Lipinski definition) is 5. The summed E-state index contributed by atoms with van der Waals surface area (Å²) in [5.74, 6) is -0.0568. The predicted octanol–water partition coefficient (Wildman–Crippen LogP) is 2.01. The number of para-hydroxylation sites is 1. The van der Waals surface area contributed by atoms with E-state index in [4.69, 9.17) is 0 Å². The number of aliphatic hydroxyl groups is 1. The van der Waals surface area contributed by atoms with Crippen LogP contribution in [0.3, 0.4) is 0 Å². The number of aromatic nitrogens is 3. The van der Waals surface area contributed by atoms with Crippen LogP contribution in [0.5, 0.6) is 0 Å². The summed E-state index contributed by atoms with van der Waals surface area (Å²) in [5.41, 5.74) is 0.375. The quantitative estimate of drug-likeness (QED) is 0.669. The van der Waals surface area contributed by atoms with Crippen LogP contribution in [0.4, 0.5) is 20.4 Å². The van der Waals surface area contributed by atoms with Crippen LogP contribution in [0.2, 0.25) is 0 Å². The number of benzene rings is 1. The number of hydrogen-bond donors (Lipinski definition) is 2. The molecule has 0 fully saturated rings. The molecule has 3 rings (SSSR count). The summed E-state index contributed by atoms with van der Waals surface area (Å²) < 4.78 is 27.0. The molecule has 9 heteroatoms. The third-order valence-electron chi connectivity index (χ3n) is 3.11. The molecule has 2 unspecified atom stereocenters. The van der Waals surface area contributed by atoms with Gasteiger partial charge in [0.2, 0.25) is 0 Å². The minimum absolute atomic E-state index is 0.0663. The SMILES string of the molecule is CC(O)CC1=N[N+](c2ccccc2)(c2nc(F)n[nH]2)C(F)=N1. The summed E-state index contributed by atoms with van der Waals surface area (Å²) in [6.45, 7) is 1.54. The first-order chi connectivity index (χ1) is 10.5. The van der Waals surface area contributed by atoms with Crippen molar-refractivity contribution in [3.05, 3.63) is 36.4 Å². The van der Waals surface area contributed by atoms with Gasteiger partial charge in [-0.05, 0) is 16.6 Å². The molecule has 1 aliphatic rings. The molecule has 0 saturated carbocycles. The van der Waals surface area contributed by atoms with Crippen LogP contribution in [0, 0.1) is 6.08 Å². The van der Waals surface area contributed by atoms with Gasteiger partial charge in [-0.3, -0.25) is 0 Å². The Kier molecular flexibility index (Phi) is 3.51. The first-order valence-electron chi connectivity index (χ1n) is 6.57. The van der Waals surface area contributed by atoms with E-state index in [1.54, 1.807) is 37.3 Å². The van der Waals surface area contributed by atoms with Crippen molar-refractivity contribution in [2.45, 2.75) is 19.4 Å². The molecule has 7 nitrogen and oxygen atoms in total. The molecule has 0 saturated heterocycles. The Labute approximate surface area is 124 Å². The Balaban J connectivity index is 2.18. The number of halogens is 2. The highest BCUT2D eigenvalue weighted by molar-refractivity contribution is 6.05. The van der Waals surface area contributed by atoms with E-state index in [1.165, 1.54) is 0 Å². The molecule has 0 spiro atoms. The van der Waals surface area contributed by atoms with Gasteiger partial charge in [0.1, 0.15) is 0 Å². The lowest BCUT2D eigenvalue weighted by Gasteiger charge is -2.20. The van der Waals surface area contributed by atoms with Crippen molar-refractivity contribution in [1.82, 2.24) is 19.8 Å². The van der Waals surface area contributed by atoms with Crippen LogP contribution in [0.15, 0.2) is 40.4 Å². The highest BCUT2D eigenvalue weighted by Gasteiger charge is 2.50. The van der Waals surface area contributed by atoms with Gasteiger partial charge < -0.3 is 5.11 Å². The normalized spacial score (nSPS) is 22.4. The standard InChI is InChI=1S/C13H13F2N6O/c1-8(22)7-10-16-12(15)21(20-10,9-5-3-2-4-6-9)13-17-11(14)18-19-13/h2-6,8,22H,7H2,1H3,(H,17,18,19)/q+1. The van der Waals surface area contributed by atoms with Gasteiger partial charge in [0.05, 0.1) is 6.10 Å². The van der Waals surface area contributed by atoms with Crippen molar-refractivity contribution in [1.29, 1.82) is 0 Å². The van der Waals surface area contributed by atoms with E-state index >= 15 is 0 Å². The summed E-state index contributed by atoms with van der Waals surface area (Å²) in [6, 6.07) is 8.37. The fourth-order valence-electron chi connectivity index (χ4n) is 2.21. The van der Waals surface area contributed by atoms with E-state index < -0.39 is 22.9 Å². The van der Waals surface area contributed by atoms with Crippen LogP contribution in [-0.4, -0.2) is 38.3 Å². The number of aliphatic imine (C=N–C) groups is 1. The van der Waals surface area contributed by atoms with E-state index in [0.717, 1.165) is 0 Å². The third kappa shape index (κ3) is 2.30. The highest BCUT2D eigenvalue weighted by Crippen LogP contribution is 2.37. The maximum absolute atomic E-state index is 14.6. The lowest BCUT2D eigenvalue weighted by Crippen LogP contribution is -2.41. The van der Waals surface area contributed by atoms with Crippen LogP contribution in [-0.2, 0) is 0 Å². The van der Waals surface area contributed by atoms with Gasteiger partial charge in [0.25, 0.3) is 0 Å². The topological polar surface area (TPSA) is 86.5 Å². The van der Waals surface area contributed by atoms with Gasteiger partial charge >= 0.3 is 18.1 Å². The van der Waals surface area contributed by atoms with Gasteiger partial charge in [-0.15, -0.1) is 19.5 Å². The summed E-state index contributed by atoms with van der Waals surface area (Å²) in [4.78, 5) is 7.30. The summed E-state index contributed by atoms with van der Waals surface area (Å²) in [5, 5.41) is 19.3. The van der Waals surface area contributed by atoms with Crippen LogP contribution < -0.4 is 4.59 Å². The molecule has 0 radical (unpaired) electrons. The molecule has 2 atom stereocenters. The van der Waals surface area contributed by atoms with Gasteiger partial charge in [-0.1, -0.05) is 18.2 Å². The van der Waals surface area contributed by atoms with Gasteiger partial charge in [-0.2, -0.15) is 4.39 Å². The zero-order valence-electron chi connectivity index (χ0n) is 11.6. The third-order valence-corrected chi connectivity index (χ3v) is 3.11. The van der Waals surface area contributed by atoms with E-state index in [9.17, 15) is 13.9 Å². The summed E-state index contributed by atoms with van der Waals surface area (Å²) in [7, 11) is 0. The van der Waals surface area contributed by atoms with E-state index in [-0.39, 0.29) is 18.2 Å². The second kappa shape index (κ2) is 5.35. The second-order valence-corrected chi connectivity index (χ2v) is 4.85. The Hall–Kier alpha value is -2.52. The van der Waals surface area contributed by atoms with Crippen molar-refractivity contribution < 1.29 is 13.9 Å². The molecule has 1 aromatic heterocycles. The molecular weight excluding hydrogens is 294 g/mol. The fourth-order valence-corrected chi connectivity index (χ4v) is 2.21. The second-order valence-electron chi connectivity index (χ2n) is 4.85. The average Bonchev–Trinajstić information content (AvgIpc) is 3.04. The van der Waals surface area contributed by atoms with Gasteiger partial charge in [0, 0.05) is 18.6 Å². The number of nitrogens with one attached hydrogen (secondary N) is 1. The van der Waals surface area contributed by atoms with Crippen molar-refractivity contribution in [2.75, 3.05) is 0 Å². The number of H-pyrrole nitrogens is 1. The predicted molar refractivity (Wildman–Crippen MR) is 76.5 cm³/mol. The Morgan fingerprint density at radius 3 is 2.59 bits per heavy atom. The van der Waals surface area contributed by atoms with Crippen molar-refractivity contribution in [2.24, 2.45) is 10.1 Å². The molecule has 1 aromatic carbocycles. The highest BCUT2D eigenvalue weighted by atomic mass is 19.1. The maximum Gasteiger partial charge on any atom is 0.431 e. The number of aliphatic hydroxyl groups excluding tert-OH is 1. The summed E-state index contributed by atoms with van der Waals surface area (Å²) >= 11 is 0. The number of amidine groups is 2. The van der Waals surface area contributed by atoms with E-state index in [0.29, 0.717) is 5.69 Å². The van der Waals surface area contributed by atoms with Gasteiger partial charge in [0.15, 0.2) is 11.5 Å². The Morgan fingerprint density at radius 1 is 1.27 bits per heavy atom. The molecule has 1 aliphatic heterocycles. The summed E-state index contributed by atoms with van der Waals surface area (Å²) in [6.07, 6.45) is -2.59. The molecule has 2 heterocycles. The molecule has 2 N–H and O–H groups in total. The molecule has 0 aliphatic carbocycles.